The van der Waals surface area contributed by atoms with Gasteiger partial charge in [-0.05, 0) is 31.9 Å². The maximum atomic E-state index is 13.5. The third-order valence-corrected chi connectivity index (χ3v) is 5.88. The normalized spacial score (nSPS) is 20.8. The van der Waals surface area contributed by atoms with Crippen LogP contribution in [0.1, 0.15) is 28.8 Å². The maximum absolute atomic E-state index is 13.5. The van der Waals surface area contributed by atoms with Crippen molar-refractivity contribution in [1.82, 2.24) is 5.32 Å². The van der Waals surface area contributed by atoms with Gasteiger partial charge in [0.15, 0.2) is 9.84 Å². The monoisotopic (exact) mass is 300 g/mol. The van der Waals surface area contributed by atoms with E-state index in [1.54, 1.807) is 0 Å². The molecule has 0 saturated carbocycles. The number of hydrogen-bond acceptors (Lipinski definition) is 4. The van der Waals surface area contributed by atoms with E-state index >= 15 is 0 Å². The number of anilines is 1. The first kappa shape index (κ1) is 14.8. The van der Waals surface area contributed by atoms with Crippen LogP contribution in [0.5, 0.6) is 0 Å². The lowest BCUT2D eigenvalue weighted by Gasteiger charge is -2.12. The van der Waals surface area contributed by atoms with Gasteiger partial charge in [0.05, 0.1) is 11.0 Å². The Labute approximate surface area is 117 Å². The summed E-state index contributed by atoms with van der Waals surface area (Å²) in [5.74, 6) is -0.902. The second-order valence-corrected chi connectivity index (χ2v) is 7.41. The molecule has 0 radical (unpaired) electrons. The average molecular weight is 300 g/mol. The summed E-state index contributed by atoms with van der Waals surface area (Å²) in [4.78, 5) is 11.9. The molecule has 0 aromatic heterocycles. The molecule has 1 amide bonds. The van der Waals surface area contributed by atoms with Crippen molar-refractivity contribution in [2.75, 3.05) is 18.0 Å². The number of hydrogen-bond donors (Lipinski definition) is 2. The Morgan fingerprint density at radius 1 is 1.50 bits per heavy atom. The molecule has 1 unspecified atom stereocenters. The smallest absolute Gasteiger partial charge is 0.251 e. The molecule has 7 heteroatoms. The molecule has 2 rings (SSSR count). The third kappa shape index (κ3) is 2.92. The van der Waals surface area contributed by atoms with Crippen molar-refractivity contribution in [3.63, 3.8) is 0 Å². The minimum Gasteiger partial charge on any atom is -0.398 e. The van der Waals surface area contributed by atoms with Crippen molar-refractivity contribution >= 4 is 21.4 Å². The summed E-state index contributed by atoms with van der Waals surface area (Å²) >= 11 is 0. The highest BCUT2D eigenvalue weighted by molar-refractivity contribution is 7.92. The van der Waals surface area contributed by atoms with Crippen molar-refractivity contribution in [3.8, 4) is 0 Å². The number of nitrogens with two attached hydrogens (primary N) is 1. The zero-order valence-corrected chi connectivity index (χ0v) is 12.0. The summed E-state index contributed by atoms with van der Waals surface area (Å²) in [5.41, 5.74) is 6.19. The summed E-state index contributed by atoms with van der Waals surface area (Å²) in [6.45, 7) is 1.58. The maximum Gasteiger partial charge on any atom is 0.251 e. The molecule has 110 valence electrons. The van der Waals surface area contributed by atoms with Gasteiger partial charge in [-0.2, -0.15) is 0 Å². The van der Waals surface area contributed by atoms with Crippen LogP contribution in [0.4, 0.5) is 10.1 Å². The number of halogens is 1. The standard InChI is InChI=1S/C13H17FN2O3S/c1-8-11(14)5-9(6-12(8)15)13(17)16-7-10-3-2-4-20(10,18)19/h5-6,10H,2-4,7,15H2,1H3,(H,16,17). The number of amides is 1. The molecule has 1 aliphatic rings. The van der Waals surface area contributed by atoms with Gasteiger partial charge in [0.2, 0.25) is 0 Å². The zero-order chi connectivity index (χ0) is 14.9. The van der Waals surface area contributed by atoms with E-state index in [1.165, 1.54) is 13.0 Å². The average Bonchev–Trinajstić information content (AvgIpc) is 2.71. The van der Waals surface area contributed by atoms with Crippen molar-refractivity contribution < 1.29 is 17.6 Å². The fourth-order valence-corrected chi connectivity index (χ4v) is 3.99. The molecule has 0 bridgehead atoms. The fourth-order valence-electron chi connectivity index (χ4n) is 2.23. The van der Waals surface area contributed by atoms with Crippen LogP contribution in [0.15, 0.2) is 12.1 Å². The Kier molecular flexibility index (Phi) is 3.99. The van der Waals surface area contributed by atoms with Crippen LogP contribution < -0.4 is 11.1 Å². The molecule has 5 nitrogen and oxygen atoms in total. The largest absolute Gasteiger partial charge is 0.398 e. The third-order valence-electron chi connectivity index (χ3n) is 3.60. The number of nitrogens with one attached hydrogen (secondary N) is 1. The number of sulfone groups is 1. The van der Waals surface area contributed by atoms with Crippen LogP contribution in [0.3, 0.4) is 0 Å². The predicted molar refractivity (Wildman–Crippen MR) is 74.7 cm³/mol. The van der Waals surface area contributed by atoms with Gasteiger partial charge in [-0.3, -0.25) is 4.79 Å². The van der Waals surface area contributed by atoms with Gasteiger partial charge in [-0.1, -0.05) is 0 Å². The zero-order valence-electron chi connectivity index (χ0n) is 11.1. The van der Waals surface area contributed by atoms with E-state index in [0.717, 1.165) is 6.07 Å². The van der Waals surface area contributed by atoms with Gasteiger partial charge >= 0.3 is 0 Å². The molecule has 20 heavy (non-hydrogen) atoms. The number of rotatable bonds is 3. The molecule has 1 aromatic rings. The number of nitrogen functional groups attached to an aromatic ring is 1. The van der Waals surface area contributed by atoms with Gasteiger partial charge in [0.25, 0.3) is 5.91 Å². The van der Waals surface area contributed by atoms with Crippen LogP contribution in [-0.4, -0.2) is 31.9 Å². The van der Waals surface area contributed by atoms with E-state index in [1.807, 2.05) is 0 Å². The van der Waals surface area contributed by atoms with E-state index < -0.39 is 26.8 Å². The molecule has 1 aromatic carbocycles. The second-order valence-electron chi connectivity index (χ2n) is 5.01. The summed E-state index contributed by atoms with van der Waals surface area (Å²) in [5, 5.41) is 1.99. The molecule has 1 saturated heterocycles. The lowest BCUT2D eigenvalue weighted by molar-refractivity contribution is 0.0953. The quantitative estimate of drug-likeness (QED) is 0.816. The molecule has 0 spiro atoms. The van der Waals surface area contributed by atoms with E-state index in [0.29, 0.717) is 18.4 Å². The van der Waals surface area contributed by atoms with E-state index in [9.17, 15) is 17.6 Å². The van der Waals surface area contributed by atoms with Crippen LogP contribution >= 0.6 is 0 Å². The minimum atomic E-state index is -3.10. The van der Waals surface area contributed by atoms with Gasteiger partial charge in [0, 0.05) is 23.4 Å². The molecule has 1 atom stereocenters. The summed E-state index contributed by atoms with van der Waals surface area (Å²) < 4.78 is 36.8. The van der Waals surface area contributed by atoms with Gasteiger partial charge in [-0.25, -0.2) is 12.8 Å². The lowest BCUT2D eigenvalue weighted by Crippen LogP contribution is -2.34. The van der Waals surface area contributed by atoms with Gasteiger partial charge in [-0.15, -0.1) is 0 Å². The van der Waals surface area contributed by atoms with Crippen molar-refractivity contribution in [3.05, 3.63) is 29.1 Å². The Balaban J connectivity index is 2.06. The van der Waals surface area contributed by atoms with E-state index in [2.05, 4.69) is 5.32 Å². The topological polar surface area (TPSA) is 89.3 Å². The van der Waals surface area contributed by atoms with Crippen molar-refractivity contribution in [1.29, 1.82) is 0 Å². The first-order valence-electron chi connectivity index (χ1n) is 6.36. The van der Waals surface area contributed by atoms with Crippen molar-refractivity contribution in [2.24, 2.45) is 0 Å². The number of carbonyl (C=O) groups excluding carboxylic acids is 1. The molecule has 3 N–H and O–H groups in total. The summed E-state index contributed by atoms with van der Waals surface area (Å²) in [6, 6.07) is 2.49. The van der Waals surface area contributed by atoms with Crippen molar-refractivity contribution in [2.45, 2.75) is 25.0 Å². The Morgan fingerprint density at radius 2 is 2.20 bits per heavy atom. The Morgan fingerprint density at radius 3 is 2.75 bits per heavy atom. The lowest BCUT2D eigenvalue weighted by atomic mass is 10.1. The SMILES string of the molecule is Cc1c(N)cc(C(=O)NCC2CCCS2(=O)=O)cc1F. The predicted octanol–water partition coefficient (Wildman–Crippen LogP) is 1.02. The molecule has 1 aliphatic heterocycles. The first-order chi connectivity index (χ1) is 9.31. The Hall–Kier alpha value is -1.63. The Bertz CT molecular complexity index is 620. The molecule has 1 fully saturated rings. The molecule has 1 heterocycles. The van der Waals surface area contributed by atoms with E-state index in [-0.39, 0.29) is 23.5 Å². The molecular weight excluding hydrogens is 283 g/mol. The highest BCUT2D eigenvalue weighted by atomic mass is 32.2. The summed E-state index contributed by atoms with van der Waals surface area (Å²) in [6.07, 6.45) is 1.17. The fraction of sp³-hybridized carbons (Fsp3) is 0.462. The van der Waals surface area contributed by atoms with Gasteiger partial charge in [0.1, 0.15) is 5.82 Å². The minimum absolute atomic E-state index is 0.0521. The molecule has 0 aliphatic carbocycles. The number of benzene rings is 1. The van der Waals surface area contributed by atoms with Crippen LogP contribution in [-0.2, 0) is 9.84 Å². The number of carbonyl (C=O) groups is 1. The summed E-state index contributed by atoms with van der Waals surface area (Å²) in [7, 11) is -3.10. The van der Waals surface area contributed by atoms with Crippen LogP contribution in [0.2, 0.25) is 0 Å². The van der Waals surface area contributed by atoms with Crippen LogP contribution in [0, 0.1) is 12.7 Å². The molecular formula is C13H17FN2O3S. The van der Waals surface area contributed by atoms with E-state index in [4.69, 9.17) is 5.73 Å². The van der Waals surface area contributed by atoms with Crippen LogP contribution in [0.25, 0.3) is 0 Å². The first-order valence-corrected chi connectivity index (χ1v) is 8.08. The van der Waals surface area contributed by atoms with Gasteiger partial charge < -0.3 is 11.1 Å². The highest BCUT2D eigenvalue weighted by Gasteiger charge is 2.31. The highest BCUT2D eigenvalue weighted by Crippen LogP contribution is 2.20. The second kappa shape index (κ2) is 5.40.